The van der Waals surface area contributed by atoms with Crippen LogP contribution in [0.5, 0.6) is 0 Å². The largest absolute Gasteiger partial charge is 0.366 e. The molecular formula is C9H19NOS. The predicted molar refractivity (Wildman–Crippen MR) is 54.6 cm³/mol. The first kappa shape index (κ1) is 10.4. The van der Waals surface area contributed by atoms with Crippen molar-refractivity contribution in [3.63, 3.8) is 0 Å². The van der Waals surface area contributed by atoms with Gasteiger partial charge in [0.15, 0.2) is 0 Å². The van der Waals surface area contributed by atoms with E-state index in [4.69, 9.17) is 4.74 Å². The molecule has 0 saturated carbocycles. The Kier molecular flexibility index (Phi) is 4.40. The van der Waals surface area contributed by atoms with Gasteiger partial charge in [0.1, 0.15) is 0 Å². The van der Waals surface area contributed by atoms with Gasteiger partial charge in [-0.25, -0.2) is 0 Å². The lowest BCUT2D eigenvalue weighted by atomic mass is 10.2. The summed E-state index contributed by atoms with van der Waals surface area (Å²) >= 11 is 1.77. The highest BCUT2D eigenvalue weighted by molar-refractivity contribution is 7.99. The summed E-state index contributed by atoms with van der Waals surface area (Å²) in [6.45, 7) is 4.25. The van der Waals surface area contributed by atoms with Crippen molar-refractivity contribution < 1.29 is 4.74 Å². The maximum absolute atomic E-state index is 5.67. The lowest BCUT2D eigenvalue weighted by molar-refractivity contribution is 0.0778. The van der Waals surface area contributed by atoms with Crippen molar-refractivity contribution in [3.8, 4) is 0 Å². The Morgan fingerprint density at radius 2 is 2.42 bits per heavy atom. The van der Waals surface area contributed by atoms with Crippen LogP contribution in [0.15, 0.2) is 0 Å². The molecule has 3 heteroatoms. The second-order valence-electron chi connectivity index (χ2n) is 3.41. The van der Waals surface area contributed by atoms with Crippen LogP contribution >= 0.6 is 11.8 Å². The molecule has 0 N–H and O–H groups in total. The Morgan fingerprint density at radius 3 is 2.92 bits per heavy atom. The summed E-state index contributed by atoms with van der Waals surface area (Å²) in [7, 11) is 2.19. The van der Waals surface area contributed by atoms with Gasteiger partial charge in [0.05, 0.1) is 12.0 Å². The molecule has 1 heterocycles. The Morgan fingerprint density at radius 1 is 1.67 bits per heavy atom. The van der Waals surface area contributed by atoms with Gasteiger partial charge in [-0.2, -0.15) is 0 Å². The van der Waals surface area contributed by atoms with E-state index in [0.29, 0.717) is 11.5 Å². The Bertz CT molecular complexity index is 132. The topological polar surface area (TPSA) is 12.5 Å². The van der Waals surface area contributed by atoms with Crippen LogP contribution in [-0.2, 0) is 4.74 Å². The highest BCUT2D eigenvalue weighted by Gasteiger charge is 2.21. The predicted octanol–water partition coefficient (Wildman–Crippen LogP) is 1.81. The van der Waals surface area contributed by atoms with Gasteiger partial charge in [0.25, 0.3) is 0 Å². The van der Waals surface area contributed by atoms with Gasteiger partial charge in [0.2, 0.25) is 0 Å². The smallest absolute Gasteiger partial charge is 0.0997 e. The maximum Gasteiger partial charge on any atom is 0.0997 e. The van der Waals surface area contributed by atoms with Crippen LogP contribution in [0.1, 0.15) is 19.8 Å². The van der Waals surface area contributed by atoms with Gasteiger partial charge in [-0.05, 0) is 39.6 Å². The molecule has 2 nitrogen and oxygen atoms in total. The van der Waals surface area contributed by atoms with E-state index >= 15 is 0 Å². The highest BCUT2D eigenvalue weighted by Crippen LogP contribution is 2.16. The summed E-state index contributed by atoms with van der Waals surface area (Å²) in [6.07, 6.45) is 4.72. The van der Waals surface area contributed by atoms with Crippen LogP contribution in [0.4, 0.5) is 0 Å². The van der Waals surface area contributed by atoms with Gasteiger partial charge in [0, 0.05) is 6.04 Å². The fourth-order valence-electron chi connectivity index (χ4n) is 1.50. The van der Waals surface area contributed by atoms with Crippen LogP contribution < -0.4 is 0 Å². The SMILES string of the molecule is CSC(C)OCC1CCCN1C. The molecule has 1 aliphatic rings. The normalized spacial score (nSPS) is 27.8. The van der Waals surface area contributed by atoms with Crippen molar-refractivity contribution in [2.45, 2.75) is 31.2 Å². The van der Waals surface area contributed by atoms with Crippen LogP contribution in [-0.4, -0.2) is 42.8 Å². The minimum absolute atomic E-state index is 0.346. The van der Waals surface area contributed by atoms with E-state index < -0.39 is 0 Å². The summed E-state index contributed by atoms with van der Waals surface area (Å²) in [4.78, 5) is 2.40. The van der Waals surface area contributed by atoms with Crippen LogP contribution in [0.25, 0.3) is 0 Å². The molecule has 0 aromatic carbocycles. The molecule has 0 aromatic heterocycles. The van der Waals surface area contributed by atoms with Gasteiger partial charge in [-0.15, -0.1) is 11.8 Å². The first-order valence-corrected chi connectivity index (χ1v) is 5.87. The van der Waals surface area contributed by atoms with Gasteiger partial charge < -0.3 is 9.64 Å². The van der Waals surface area contributed by atoms with Crippen molar-refractivity contribution in [1.29, 1.82) is 0 Å². The molecule has 1 aliphatic heterocycles. The number of likely N-dealkylation sites (tertiary alicyclic amines) is 1. The van der Waals surface area contributed by atoms with E-state index in [-0.39, 0.29) is 0 Å². The number of nitrogens with zero attached hydrogens (tertiary/aromatic N) is 1. The van der Waals surface area contributed by atoms with Crippen molar-refractivity contribution >= 4 is 11.8 Å². The number of hydrogen-bond donors (Lipinski definition) is 0. The second kappa shape index (κ2) is 5.10. The van der Waals surface area contributed by atoms with Crippen molar-refractivity contribution in [2.24, 2.45) is 0 Å². The van der Waals surface area contributed by atoms with Crippen molar-refractivity contribution in [1.82, 2.24) is 4.90 Å². The molecule has 1 saturated heterocycles. The molecular weight excluding hydrogens is 170 g/mol. The zero-order valence-electron chi connectivity index (χ0n) is 8.25. The fraction of sp³-hybridized carbons (Fsp3) is 1.00. The standard InChI is InChI=1S/C9H19NOS/c1-8(12-3)11-7-9-5-4-6-10(9)2/h8-9H,4-7H2,1-3H3. The number of rotatable bonds is 4. The van der Waals surface area contributed by atoms with E-state index in [9.17, 15) is 0 Å². The molecule has 1 rings (SSSR count). The monoisotopic (exact) mass is 189 g/mol. The average molecular weight is 189 g/mol. The van der Waals surface area contributed by atoms with Crippen molar-refractivity contribution in [2.75, 3.05) is 26.5 Å². The lowest BCUT2D eigenvalue weighted by Gasteiger charge is -2.20. The molecule has 0 aliphatic carbocycles. The first-order chi connectivity index (χ1) is 5.74. The Labute approximate surface area is 79.6 Å². The van der Waals surface area contributed by atoms with Gasteiger partial charge in [-0.1, -0.05) is 0 Å². The molecule has 0 radical (unpaired) electrons. The number of likely N-dealkylation sites (N-methyl/N-ethyl adjacent to an activating group) is 1. The molecule has 0 amide bonds. The van der Waals surface area contributed by atoms with Crippen LogP contribution in [0.2, 0.25) is 0 Å². The molecule has 2 unspecified atom stereocenters. The molecule has 0 spiro atoms. The molecule has 0 bridgehead atoms. The molecule has 0 aromatic rings. The van der Waals surface area contributed by atoms with E-state index in [0.717, 1.165) is 6.61 Å². The summed E-state index contributed by atoms with van der Waals surface area (Å²) in [5, 5.41) is 0. The van der Waals surface area contributed by atoms with E-state index in [2.05, 4.69) is 25.1 Å². The van der Waals surface area contributed by atoms with E-state index in [1.807, 2.05) is 0 Å². The third-order valence-electron chi connectivity index (χ3n) is 2.53. The van der Waals surface area contributed by atoms with E-state index in [1.54, 1.807) is 11.8 Å². The molecule has 72 valence electrons. The summed E-state index contributed by atoms with van der Waals surface area (Å²) < 4.78 is 5.67. The summed E-state index contributed by atoms with van der Waals surface area (Å²) in [5.41, 5.74) is 0.346. The molecule has 1 fully saturated rings. The number of thioether (sulfide) groups is 1. The Hall–Kier alpha value is 0.270. The molecule has 2 atom stereocenters. The fourth-order valence-corrected chi connectivity index (χ4v) is 1.72. The zero-order valence-corrected chi connectivity index (χ0v) is 9.06. The highest BCUT2D eigenvalue weighted by atomic mass is 32.2. The molecule has 12 heavy (non-hydrogen) atoms. The number of hydrogen-bond acceptors (Lipinski definition) is 3. The number of ether oxygens (including phenoxy) is 1. The first-order valence-electron chi connectivity index (χ1n) is 4.58. The van der Waals surface area contributed by atoms with Crippen molar-refractivity contribution in [3.05, 3.63) is 0 Å². The summed E-state index contributed by atoms with van der Waals surface area (Å²) in [6, 6.07) is 0.666. The summed E-state index contributed by atoms with van der Waals surface area (Å²) in [5.74, 6) is 0. The van der Waals surface area contributed by atoms with E-state index in [1.165, 1.54) is 19.4 Å². The van der Waals surface area contributed by atoms with Crippen LogP contribution in [0, 0.1) is 0 Å². The Balaban J connectivity index is 2.13. The minimum Gasteiger partial charge on any atom is -0.366 e. The van der Waals surface area contributed by atoms with Gasteiger partial charge >= 0.3 is 0 Å². The third kappa shape index (κ3) is 2.96. The average Bonchev–Trinajstić information content (AvgIpc) is 2.47. The van der Waals surface area contributed by atoms with Crippen LogP contribution in [0.3, 0.4) is 0 Å². The lowest BCUT2D eigenvalue weighted by Crippen LogP contribution is -2.30. The quantitative estimate of drug-likeness (QED) is 0.626. The third-order valence-corrected chi connectivity index (χ3v) is 3.33. The maximum atomic E-state index is 5.67. The minimum atomic E-state index is 0.346. The zero-order chi connectivity index (χ0) is 8.97. The van der Waals surface area contributed by atoms with Gasteiger partial charge in [-0.3, -0.25) is 0 Å². The second-order valence-corrected chi connectivity index (χ2v) is 4.55.